The van der Waals surface area contributed by atoms with Gasteiger partial charge in [0, 0.05) is 18.1 Å². The molecule has 0 bridgehead atoms. The number of hydrogen-bond acceptors (Lipinski definition) is 6. The van der Waals surface area contributed by atoms with E-state index in [2.05, 4.69) is 13.5 Å². The summed E-state index contributed by atoms with van der Waals surface area (Å²) in [6.45, 7) is 5.65. The number of benzene rings is 1. The highest BCUT2D eigenvalue weighted by atomic mass is 16.6. The molecule has 0 radical (unpaired) electrons. The number of non-ortho nitro benzene ring substituents is 1. The Morgan fingerprint density at radius 1 is 1.20 bits per heavy atom. The molecule has 30 heavy (non-hydrogen) atoms. The van der Waals surface area contributed by atoms with E-state index >= 15 is 0 Å². The van der Waals surface area contributed by atoms with Gasteiger partial charge in [0.2, 0.25) is 0 Å². The molecule has 0 aliphatic carbocycles. The number of nitrogens with zero attached hydrogens (tertiary/aromatic N) is 1. The molecular formula is C23H29NO6. The van der Waals surface area contributed by atoms with Crippen molar-refractivity contribution in [1.82, 2.24) is 0 Å². The minimum Gasteiger partial charge on any atom is -0.459 e. The molecule has 3 N–H and O–H groups in total. The maximum atomic E-state index is 10.8. The monoisotopic (exact) mass is 415 g/mol. The highest BCUT2D eigenvalue weighted by molar-refractivity contribution is 5.47. The van der Waals surface area contributed by atoms with Crippen molar-refractivity contribution in [2.45, 2.75) is 51.4 Å². The molecular weight excluding hydrogens is 386 g/mol. The number of furan rings is 1. The summed E-state index contributed by atoms with van der Waals surface area (Å²) in [6, 6.07) is 9.16. The number of aliphatic hydroxyl groups is 3. The number of rotatable bonds is 12. The van der Waals surface area contributed by atoms with Gasteiger partial charge in [-0.3, -0.25) is 10.1 Å². The SMILES string of the molecule is C=C[C@H]([C@H](O)CC/C(=C/c1ccc(CO)o1)CCC)[C@H](O)c1ccc([N+](=O)[O-])cc1. The van der Waals surface area contributed by atoms with Gasteiger partial charge in [0.05, 0.1) is 17.1 Å². The third-order valence-corrected chi connectivity index (χ3v) is 5.04. The van der Waals surface area contributed by atoms with Crippen LogP contribution in [-0.2, 0) is 6.61 Å². The van der Waals surface area contributed by atoms with E-state index in [1.807, 2.05) is 6.08 Å². The number of hydrogen-bond donors (Lipinski definition) is 3. The van der Waals surface area contributed by atoms with Gasteiger partial charge in [0.15, 0.2) is 0 Å². The summed E-state index contributed by atoms with van der Waals surface area (Å²) in [5.41, 5.74) is 1.53. The predicted molar refractivity (Wildman–Crippen MR) is 114 cm³/mol. The lowest BCUT2D eigenvalue weighted by atomic mass is 9.87. The minimum atomic E-state index is -1.02. The van der Waals surface area contributed by atoms with Crippen LogP contribution in [0.2, 0.25) is 0 Å². The quantitative estimate of drug-likeness (QED) is 0.266. The second kappa shape index (κ2) is 11.4. The fourth-order valence-electron chi connectivity index (χ4n) is 3.39. The van der Waals surface area contributed by atoms with Crippen molar-refractivity contribution in [2.75, 3.05) is 0 Å². The van der Waals surface area contributed by atoms with Crippen molar-refractivity contribution >= 4 is 11.8 Å². The number of allylic oxidation sites excluding steroid dienone is 1. The highest BCUT2D eigenvalue weighted by Gasteiger charge is 2.26. The Morgan fingerprint density at radius 2 is 1.90 bits per heavy atom. The average molecular weight is 415 g/mol. The van der Waals surface area contributed by atoms with E-state index in [-0.39, 0.29) is 12.3 Å². The van der Waals surface area contributed by atoms with Gasteiger partial charge in [0.1, 0.15) is 18.1 Å². The first-order valence-electron chi connectivity index (χ1n) is 10.0. The molecule has 0 saturated carbocycles. The zero-order chi connectivity index (χ0) is 22.1. The van der Waals surface area contributed by atoms with Gasteiger partial charge in [-0.05, 0) is 55.2 Å². The van der Waals surface area contributed by atoms with Crippen molar-refractivity contribution in [3.63, 3.8) is 0 Å². The molecule has 0 amide bonds. The van der Waals surface area contributed by atoms with Crippen LogP contribution in [0.5, 0.6) is 0 Å². The van der Waals surface area contributed by atoms with Gasteiger partial charge in [-0.25, -0.2) is 0 Å². The van der Waals surface area contributed by atoms with Crippen molar-refractivity contribution in [3.8, 4) is 0 Å². The van der Waals surface area contributed by atoms with Crippen LogP contribution in [-0.4, -0.2) is 26.3 Å². The molecule has 2 rings (SSSR count). The smallest absolute Gasteiger partial charge is 0.269 e. The summed E-state index contributed by atoms with van der Waals surface area (Å²) in [7, 11) is 0. The first-order chi connectivity index (χ1) is 14.4. The topological polar surface area (TPSA) is 117 Å². The fraction of sp³-hybridized carbons (Fsp3) is 0.391. The van der Waals surface area contributed by atoms with Crippen LogP contribution in [0.25, 0.3) is 6.08 Å². The lowest BCUT2D eigenvalue weighted by molar-refractivity contribution is -0.384. The zero-order valence-electron chi connectivity index (χ0n) is 17.1. The van der Waals surface area contributed by atoms with Crippen molar-refractivity contribution in [1.29, 1.82) is 0 Å². The summed E-state index contributed by atoms with van der Waals surface area (Å²) >= 11 is 0. The normalized spacial score (nSPS) is 14.9. The fourth-order valence-corrected chi connectivity index (χ4v) is 3.39. The molecule has 0 spiro atoms. The third-order valence-electron chi connectivity index (χ3n) is 5.04. The lowest BCUT2D eigenvalue weighted by Gasteiger charge is -2.25. The first-order valence-corrected chi connectivity index (χ1v) is 10.0. The zero-order valence-corrected chi connectivity index (χ0v) is 17.1. The first kappa shape index (κ1) is 23.5. The standard InChI is InChI=1S/C23H29NO6/c1-3-5-16(14-19-11-12-20(15-25)30-19)6-13-22(26)21(4-2)23(27)17-7-9-18(10-8-17)24(28)29/h4,7-12,14,21-23,25-27H,2-3,5-6,13,15H2,1H3/b16-14+/t21-,22-,23-/m1/s1. The Morgan fingerprint density at radius 3 is 2.43 bits per heavy atom. The molecule has 0 unspecified atom stereocenters. The van der Waals surface area contributed by atoms with E-state index in [9.17, 15) is 20.3 Å². The van der Waals surface area contributed by atoms with E-state index in [1.54, 1.807) is 12.1 Å². The molecule has 162 valence electrons. The Kier molecular flexibility index (Phi) is 8.98. The Hall–Kier alpha value is -2.74. The van der Waals surface area contributed by atoms with Gasteiger partial charge in [-0.2, -0.15) is 0 Å². The van der Waals surface area contributed by atoms with E-state index < -0.39 is 23.0 Å². The maximum Gasteiger partial charge on any atom is 0.269 e. The van der Waals surface area contributed by atoms with Crippen molar-refractivity contribution < 1.29 is 24.7 Å². The summed E-state index contributed by atoms with van der Waals surface area (Å²) < 4.78 is 5.51. The molecule has 0 aliphatic heterocycles. The van der Waals surface area contributed by atoms with Crippen molar-refractivity contribution in [3.05, 3.63) is 81.8 Å². The van der Waals surface area contributed by atoms with Gasteiger partial charge in [-0.1, -0.05) is 25.0 Å². The third kappa shape index (κ3) is 6.38. The summed E-state index contributed by atoms with van der Waals surface area (Å²) in [6.07, 6.45) is 4.39. The highest BCUT2D eigenvalue weighted by Crippen LogP contribution is 2.30. The maximum absolute atomic E-state index is 10.8. The molecule has 1 aromatic heterocycles. The summed E-state index contributed by atoms with van der Waals surface area (Å²) in [5, 5.41) is 41.3. The van der Waals surface area contributed by atoms with E-state index in [0.29, 0.717) is 29.9 Å². The Labute approximate surface area is 176 Å². The molecule has 1 aromatic carbocycles. The van der Waals surface area contributed by atoms with E-state index in [0.717, 1.165) is 18.4 Å². The van der Waals surface area contributed by atoms with Crippen LogP contribution >= 0.6 is 0 Å². The molecule has 7 heteroatoms. The molecule has 0 fully saturated rings. The molecule has 3 atom stereocenters. The van der Waals surface area contributed by atoms with Gasteiger partial charge in [-0.15, -0.1) is 6.58 Å². The molecule has 2 aromatic rings. The lowest BCUT2D eigenvalue weighted by Crippen LogP contribution is -2.25. The van der Waals surface area contributed by atoms with Crippen LogP contribution in [0.4, 0.5) is 5.69 Å². The largest absolute Gasteiger partial charge is 0.459 e. The predicted octanol–water partition coefficient (Wildman–Crippen LogP) is 4.54. The Balaban J connectivity index is 2.05. The molecule has 7 nitrogen and oxygen atoms in total. The number of aliphatic hydroxyl groups excluding tert-OH is 3. The number of nitro groups is 1. The van der Waals surface area contributed by atoms with Gasteiger partial charge in [0.25, 0.3) is 5.69 Å². The average Bonchev–Trinajstić information content (AvgIpc) is 3.20. The Bertz CT molecular complexity index is 855. The van der Waals surface area contributed by atoms with Crippen LogP contribution < -0.4 is 0 Å². The van der Waals surface area contributed by atoms with Gasteiger partial charge < -0.3 is 19.7 Å². The van der Waals surface area contributed by atoms with E-state index in [1.165, 1.54) is 30.3 Å². The van der Waals surface area contributed by atoms with Gasteiger partial charge >= 0.3 is 0 Å². The van der Waals surface area contributed by atoms with Crippen molar-refractivity contribution in [2.24, 2.45) is 5.92 Å². The summed E-state index contributed by atoms with van der Waals surface area (Å²) in [4.78, 5) is 10.3. The molecule has 0 saturated heterocycles. The van der Waals surface area contributed by atoms with E-state index in [4.69, 9.17) is 9.52 Å². The number of nitro benzene ring substituents is 1. The van der Waals surface area contributed by atoms with Crippen LogP contribution in [0.15, 0.2) is 59.0 Å². The van der Waals surface area contributed by atoms with Crippen LogP contribution in [0.3, 0.4) is 0 Å². The summed E-state index contributed by atoms with van der Waals surface area (Å²) in [5.74, 6) is 0.539. The second-order valence-corrected chi connectivity index (χ2v) is 7.23. The molecule has 0 aliphatic rings. The second-order valence-electron chi connectivity index (χ2n) is 7.23. The minimum absolute atomic E-state index is 0.0572. The molecule has 1 heterocycles. The van der Waals surface area contributed by atoms with Crippen LogP contribution in [0, 0.1) is 16.0 Å². The van der Waals surface area contributed by atoms with Crippen LogP contribution in [0.1, 0.15) is 55.8 Å².